The third kappa shape index (κ3) is 0.816. The SMILES string of the molecule is FCn1[c]n[c]c1Cl. The van der Waals surface area contributed by atoms with Gasteiger partial charge in [0.25, 0.3) is 0 Å². The van der Waals surface area contributed by atoms with Gasteiger partial charge in [-0.1, -0.05) is 11.6 Å². The lowest BCUT2D eigenvalue weighted by atomic mass is 10.9. The number of rotatable bonds is 1. The van der Waals surface area contributed by atoms with Crippen LogP contribution >= 0.6 is 11.6 Å². The Balaban J connectivity index is 2.92. The van der Waals surface area contributed by atoms with Crippen LogP contribution in [0.2, 0.25) is 5.15 Å². The van der Waals surface area contributed by atoms with Gasteiger partial charge in [-0.25, -0.2) is 9.37 Å². The molecule has 1 rings (SSSR count). The molecule has 0 unspecified atom stereocenters. The number of nitrogens with zero attached hydrogens (tertiary/aromatic N) is 2. The molecule has 0 spiro atoms. The Bertz CT molecular complexity index is 174. The van der Waals surface area contributed by atoms with Crippen molar-refractivity contribution in [3.8, 4) is 0 Å². The summed E-state index contributed by atoms with van der Waals surface area (Å²) < 4.78 is 12.6. The van der Waals surface area contributed by atoms with Gasteiger partial charge in [0.2, 0.25) is 0 Å². The van der Waals surface area contributed by atoms with Crippen LogP contribution in [-0.2, 0) is 6.80 Å². The second-order valence-electron chi connectivity index (χ2n) is 1.16. The Labute approximate surface area is 50.9 Å². The highest BCUT2D eigenvalue weighted by atomic mass is 35.5. The van der Waals surface area contributed by atoms with Crippen LogP contribution in [0.25, 0.3) is 0 Å². The largest absolute Gasteiger partial charge is 0.283 e. The molecule has 0 bridgehead atoms. The molecule has 1 heterocycles. The molecular weight excluding hydrogens is 131 g/mol. The Morgan fingerprint density at radius 2 is 2.62 bits per heavy atom. The van der Waals surface area contributed by atoms with E-state index >= 15 is 0 Å². The summed E-state index contributed by atoms with van der Waals surface area (Å²) in [4.78, 5) is 3.33. The summed E-state index contributed by atoms with van der Waals surface area (Å²) in [6.45, 7) is -0.699. The molecule has 2 radical (unpaired) electrons. The van der Waals surface area contributed by atoms with Crippen LogP contribution in [0.5, 0.6) is 0 Å². The van der Waals surface area contributed by atoms with Gasteiger partial charge >= 0.3 is 0 Å². The number of aromatic nitrogens is 2. The van der Waals surface area contributed by atoms with Crippen molar-refractivity contribution >= 4 is 11.6 Å². The molecular formula is C4H2ClFN2. The van der Waals surface area contributed by atoms with Crippen molar-refractivity contribution < 1.29 is 4.39 Å². The van der Waals surface area contributed by atoms with Gasteiger partial charge in [0, 0.05) is 0 Å². The molecule has 0 saturated carbocycles. The summed E-state index contributed by atoms with van der Waals surface area (Å²) in [6, 6.07) is 0. The number of hydrogen-bond acceptors (Lipinski definition) is 1. The summed E-state index contributed by atoms with van der Waals surface area (Å²) in [5.41, 5.74) is 0. The minimum atomic E-state index is -0.699. The molecule has 0 atom stereocenters. The first-order valence-corrected chi connectivity index (χ1v) is 2.29. The van der Waals surface area contributed by atoms with E-state index in [0.717, 1.165) is 4.57 Å². The summed E-state index contributed by atoms with van der Waals surface area (Å²) in [6.07, 6.45) is 4.56. The zero-order valence-electron chi connectivity index (χ0n) is 3.86. The Morgan fingerprint density at radius 1 is 1.88 bits per heavy atom. The molecule has 1 aromatic heterocycles. The fourth-order valence-corrected chi connectivity index (χ4v) is 0.440. The fraction of sp³-hybridized carbons (Fsp3) is 0.250. The maximum atomic E-state index is 11.6. The first kappa shape index (κ1) is 5.56. The van der Waals surface area contributed by atoms with E-state index < -0.39 is 6.80 Å². The quantitative estimate of drug-likeness (QED) is 0.559. The Morgan fingerprint density at radius 3 is 2.88 bits per heavy atom. The van der Waals surface area contributed by atoms with Crippen molar-refractivity contribution in [3.63, 3.8) is 0 Å². The molecule has 2 nitrogen and oxygen atoms in total. The lowest BCUT2D eigenvalue weighted by Crippen LogP contribution is -1.88. The van der Waals surface area contributed by atoms with Gasteiger partial charge in [0.1, 0.15) is 11.3 Å². The maximum Gasteiger partial charge on any atom is 0.180 e. The topological polar surface area (TPSA) is 17.8 Å². The molecule has 1 aromatic rings. The molecule has 0 amide bonds. The Hall–Kier alpha value is -0.570. The van der Waals surface area contributed by atoms with E-state index in [1.807, 2.05) is 0 Å². The van der Waals surface area contributed by atoms with E-state index in [4.69, 9.17) is 11.6 Å². The Kier molecular flexibility index (Phi) is 1.48. The highest BCUT2D eigenvalue weighted by molar-refractivity contribution is 6.29. The molecule has 0 fully saturated rings. The lowest BCUT2D eigenvalue weighted by molar-refractivity contribution is 0.375. The highest BCUT2D eigenvalue weighted by Crippen LogP contribution is 2.03. The van der Waals surface area contributed by atoms with Crippen LogP contribution in [0, 0.1) is 12.5 Å². The molecule has 0 aliphatic heterocycles. The second-order valence-corrected chi connectivity index (χ2v) is 1.52. The van der Waals surface area contributed by atoms with Gasteiger partial charge in [-0.05, 0) is 0 Å². The average Bonchev–Trinajstić information content (AvgIpc) is 2.14. The molecule has 8 heavy (non-hydrogen) atoms. The van der Waals surface area contributed by atoms with Crippen molar-refractivity contribution in [2.45, 2.75) is 6.80 Å². The van der Waals surface area contributed by atoms with E-state index in [1.165, 1.54) is 0 Å². The number of alkyl halides is 1. The van der Waals surface area contributed by atoms with Crippen LogP contribution in [0.1, 0.15) is 0 Å². The molecule has 42 valence electrons. The van der Waals surface area contributed by atoms with Gasteiger partial charge in [0.15, 0.2) is 13.1 Å². The monoisotopic (exact) mass is 132 g/mol. The normalized spacial score (nSPS) is 9.75. The highest BCUT2D eigenvalue weighted by Gasteiger charge is 1.95. The summed E-state index contributed by atoms with van der Waals surface area (Å²) in [5, 5.41) is 0.146. The standard InChI is InChI=1S/C4H2ClFN2/c5-4-1-7-3-8(4)2-6/h2H2. The van der Waals surface area contributed by atoms with Gasteiger partial charge in [-0.2, -0.15) is 0 Å². The molecule has 4 heteroatoms. The summed E-state index contributed by atoms with van der Waals surface area (Å²) in [5.74, 6) is 0. The first-order chi connectivity index (χ1) is 3.84. The van der Waals surface area contributed by atoms with Crippen LogP contribution < -0.4 is 0 Å². The lowest BCUT2D eigenvalue weighted by Gasteiger charge is -1.88. The molecule has 0 aliphatic rings. The second kappa shape index (κ2) is 2.13. The van der Waals surface area contributed by atoms with E-state index in [2.05, 4.69) is 17.5 Å². The number of hydrogen-bond donors (Lipinski definition) is 0. The van der Waals surface area contributed by atoms with Crippen LogP contribution in [0.15, 0.2) is 0 Å². The zero-order valence-corrected chi connectivity index (χ0v) is 4.61. The van der Waals surface area contributed by atoms with Crippen molar-refractivity contribution in [1.82, 2.24) is 9.55 Å². The van der Waals surface area contributed by atoms with Gasteiger partial charge in [-0.15, -0.1) is 0 Å². The molecule has 0 aliphatic carbocycles. The maximum absolute atomic E-state index is 11.6. The van der Waals surface area contributed by atoms with Gasteiger partial charge < -0.3 is 0 Å². The first-order valence-electron chi connectivity index (χ1n) is 1.92. The van der Waals surface area contributed by atoms with E-state index in [9.17, 15) is 4.39 Å². The zero-order chi connectivity index (χ0) is 5.98. The predicted octanol–water partition coefficient (Wildman–Crippen LogP) is 1.06. The minimum absolute atomic E-state index is 0.146. The van der Waals surface area contributed by atoms with E-state index in [0.29, 0.717) is 0 Å². The van der Waals surface area contributed by atoms with Crippen LogP contribution in [0.3, 0.4) is 0 Å². The van der Waals surface area contributed by atoms with Gasteiger partial charge in [-0.3, -0.25) is 4.57 Å². The molecule has 0 aromatic carbocycles. The molecule has 0 N–H and O–H groups in total. The van der Waals surface area contributed by atoms with Gasteiger partial charge in [0.05, 0.1) is 0 Å². The van der Waals surface area contributed by atoms with Crippen LogP contribution in [-0.4, -0.2) is 9.55 Å². The van der Waals surface area contributed by atoms with E-state index in [-0.39, 0.29) is 5.15 Å². The van der Waals surface area contributed by atoms with E-state index in [1.54, 1.807) is 0 Å². The van der Waals surface area contributed by atoms with Crippen molar-refractivity contribution in [3.05, 3.63) is 17.7 Å². The summed E-state index contributed by atoms with van der Waals surface area (Å²) in [7, 11) is 0. The number of imidazole rings is 1. The third-order valence-electron chi connectivity index (χ3n) is 0.675. The number of halogens is 2. The fourth-order valence-electron chi connectivity index (χ4n) is 0.315. The van der Waals surface area contributed by atoms with Crippen LogP contribution in [0.4, 0.5) is 4.39 Å². The van der Waals surface area contributed by atoms with Crippen molar-refractivity contribution in [2.75, 3.05) is 0 Å². The smallest absolute Gasteiger partial charge is 0.180 e. The average molecular weight is 133 g/mol. The predicted molar refractivity (Wildman–Crippen MR) is 26.0 cm³/mol. The third-order valence-corrected chi connectivity index (χ3v) is 0.964. The minimum Gasteiger partial charge on any atom is -0.283 e. The van der Waals surface area contributed by atoms with Crippen molar-refractivity contribution in [2.24, 2.45) is 0 Å². The summed E-state index contributed by atoms with van der Waals surface area (Å²) >= 11 is 5.31. The van der Waals surface area contributed by atoms with Crippen molar-refractivity contribution in [1.29, 1.82) is 0 Å². The molecule has 0 saturated heterocycles.